The Kier molecular flexibility index (Phi) is 4.25. The van der Waals surface area contributed by atoms with E-state index in [9.17, 15) is 9.90 Å². The minimum absolute atomic E-state index is 0.502. The van der Waals surface area contributed by atoms with Crippen LogP contribution in [0.15, 0.2) is 24.3 Å². The molecule has 1 aliphatic carbocycles. The maximum Gasteiger partial charge on any atom is 0.310 e. The molecule has 0 atom stereocenters. The van der Waals surface area contributed by atoms with Crippen molar-refractivity contribution < 1.29 is 9.90 Å². The van der Waals surface area contributed by atoms with Crippen LogP contribution in [-0.2, 0) is 11.3 Å². The van der Waals surface area contributed by atoms with Crippen molar-refractivity contribution >= 4 is 5.97 Å². The van der Waals surface area contributed by atoms with Crippen molar-refractivity contribution in [3.05, 3.63) is 35.4 Å². The van der Waals surface area contributed by atoms with Crippen LogP contribution in [0.5, 0.6) is 0 Å². The monoisotopic (exact) mass is 261 g/mol. The van der Waals surface area contributed by atoms with E-state index in [1.807, 2.05) is 0 Å². The number of carboxylic acids is 1. The van der Waals surface area contributed by atoms with Gasteiger partial charge in [0.1, 0.15) is 0 Å². The molecule has 1 aromatic rings. The van der Waals surface area contributed by atoms with Crippen molar-refractivity contribution in [1.29, 1.82) is 0 Å². The zero-order valence-corrected chi connectivity index (χ0v) is 11.8. The number of nitrogens with one attached hydrogen (secondary N) is 1. The van der Waals surface area contributed by atoms with Gasteiger partial charge in [0.2, 0.25) is 0 Å². The van der Waals surface area contributed by atoms with E-state index in [0.29, 0.717) is 12.5 Å². The van der Waals surface area contributed by atoms with Gasteiger partial charge in [0.25, 0.3) is 0 Å². The highest BCUT2D eigenvalue weighted by Crippen LogP contribution is 2.40. The van der Waals surface area contributed by atoms with Crippen molar-refractivity contribution in [2.75, 3.05) is 6.54 Å². The van der Waals surface area contributed by atoms with E-state index < -0.39 is 11.4 Å². The average molecular weight is 261 g/mol. The topological polar surface area (TPSA) is 49.3 Å². The first kappa shape index (κ1) is 14.1. The summed E-state index contributed by atoms with van der Waals surface area (Å²) in [6.07, 6.45) is 2.65. The summed E-state index contributed by atoms with van der Waals surface area (Å²) in [4.78, 5) is 11.2. The summed E-state index contributed by atoms with van der Waals surface area (Å²) < 4.78 is 0. The van der Waals surface area contributed by atoms with Crippen LogP contribution in [-0.4, -0.2) is 17.6 Å². The molecule has 0 aromatic heterocycles. The Morgan fingerprint density at radius 3 is 2.37 bits per heavy atom. The van der Waals surface area contributed by atoms with Crippen molar-refractivity contribution in [3.8, 4) is 0 Å². The molecule has 2 rings (SSSR count). The van der Waals surface area contributed by atoms with Gasteiger partial charge in [0.15, 0.2) is 0 Å². The Morgan fingerprint density at radius 1 is 1.32 bits per heavy atom. The Hall–Kier alpha value is -1.35. The highest BCUT2D eigenvalue weighted by molar-refractivity contribution is 5.76. The summed E-state index contributed by atoms with van der Waals surface area (Å²) in [5.74, 6) is -0.103. The van der Waals surface area contributed by atoms with E-state index in [0.717, 1.165) is 25.8 Å². The lowest BCUT2D eigenvalue weighted by atomic mass is 9.69. The molecule has 0 saturated heterocycles. The molecule has 1 aromatic carbocycles. The van der Waals surface area contributed by atoms with E-state index in [2.05, 4.69) is 43.4 Å². The largest absolute Gasteiger partial charge is 0.481 e. The van der Waals surface area contributed by atoms with E-state index in [1.165, 1.54) is 11.1 Å². The highest BCUT2D eigenvalue weighted by atomic mass is 16.4. The molecule has 0 aliphatic heterocycles. The maximum atomic E-state index is 11.2. The number of carbonyl (C=O) groups is 1. The fourth-order valence-electron chi connectivity index (χ4n) is 2.54. The lowest BCUT2D eigenvalue weighted by Gasteiger charge is -2.37. The van der Waals surface area contributed by atoms with Gasteiger partial charge in [-0.25, -0.2) is 0 Å². The molecule has 2 N–H and O–H groups in total. The Balaban J connectivity index is 1.84. The number of hydrogen-bond acceptors (Lipinski definition) is 2. The summed E-state index contributed by atoms with van der Waals surface area (Å²) in [6, 6.07) is 8.54. The second kappa shape index (κ2) is 5.74. The Morgan fingerprint density at radius 2 is 1.95 bits per heavy atom. The molecule has 3 nitrogen and oxygen atoms in total. The molecule has 19 heavy (non-hydrogen) atoms. The fourth-order valence-corrected chi connectivity index (χ4v) is 2.54. The third-order valence-electron chi connectivity index (χ3n) is 4.20. The second-order valence-corrected chi connectivity index (χ2v) is 5.94. The molecule has 104 valence electrons. The third-order valence-corrected chi connectivity index (χ3v) is 4.20. The summed E-state index contributed by atoms with van der Waals surface area (Å²) >= 11 is 0. The smallest absolute Gasteiger partial charge is 0.310 e. The summed E-state index contributed by atoms with van der Waals surface area (Å²) in [6.45, 7) is 5.68. The zero-order valence-electron chi connectivity index (χ0n) is 11.8. The molecule has 0 heterocycles. The summed E-state index contributed by atoms with van der Waals surface area (Å²) in [7, 11) is 0. The Bertz CT molecular complexity index is 433. The van der Waals surface area contributed by atoms with Crippen molar-refractivity contribution in [2.24, 2.45) is 5.41 Å². The maximum absolute atomic E-state index is 11.2. The molecule has 0 radical (unpaired) electrons. The minimum atomic E-state index is -0.651. The van der Waals surface area contributed by atoms with E-state index in [1.54, 1.807) is 0 Å². The SMILES string of the molecule is CC(C)c1ccc(CNCC2(C(=O)O)CCC2)cc1. The van der Waals surface area contributed by atoms with Crippen molar-refractivity contribution in [2.45, 2.75) is 45.6 Å². The average Bonchev–Trinajstić information content (AvgIpc) is 2.32. The Labute approximate surface area is 115 Å². The quantitative estimate of drug-likeness (QED) is 0.827. The van der Waals surface area contributed by atoms with Crippen LogP contribution in [0.4, 0.5) is 0 Å². The van der Waals surface area contributed by atoms with Gasteiger partial charge in [0.05, 0.1) is 5.41 Å². The summed E-state index contributed by atoms with van der Waals surface area (Å²) in [5.41, 5.74) is 2.05. The fraction of sp³-hybridized carbons (Fsp3) is 0.562. The van der Waals surface area contributed by atoms with Gasteiger partial charge in [0, 0.05) is 13.1 Å². The summed E-state index contributed by atoms with van der Waals surface area (Å²) in [5, 5.41) is 12.5. The van der Waals surface area contributed by atoms with Crippen molar-refractivity contribution in [3.63, 3.8) is 0 Å². The lowest BCUT2D eigenvalue weighted by Crippen LogP contribution is -2.45. The van der Waals surface area contributed by atoms with Crippen LogP contribution < -0.4 is 5.32 Å². The standard InChI is InChI=1S/C16H23NO2/c1-12(2)14-6-4-13(5-7-14)10-17-11-16(15(18)19)8-3-9-16/h4-7,12,17H,3,8-11H2,1-2H3,(H,18,19). The van der Waals surface area contributed by atoms with Gasteiger partial charge in [-0.1, -0.05) is 44.5 Å². The normalized spacial score (nSPS) is 17.2. The molecule has 1 aliphatic rings. The number of carboxylic acid groups (broad SMARTS) is 1. The van der Waals surface area contributed by atoms with Crippen LogP contribution in [0, 0.1) is 5.41 Å². The van der Waals surface area contributed by atoms with Crippen LogP contribution >= 0.6 is 0 Å². The molecule has 0 unspecified atom stereocenters. The molecule has 1 saturated carbocycles. The first-order valence-electron chi connectivity index (χ1n) is 7.06. The van der Waals surface area contributed by atoms with Crippen LogP contribution in [0.1, 0.15) is 50.2 Å². The second-order valence-electron chi connectivity index (χ2n) is 5.94. The van der Waals surface area contributed by atoms with Gasteiger partial charge in [-0.2, -0.15) is 0 Å². The van der Waals surface area contributed by atoms with E-state index in [4.69, 9.17) is 0 Å². The molecule has 1 fully saturated rings. The first-order chi connectivity index (χ1) is 9.03. The zero-order chi connectivity index (χ0) is 13.9. The van der Waals surface area contributed by atoms with Crippen LogP contribution in [0.3, 0.4) is 0 Å². The molecule has 0 amide bonds. The minimum Gasteiger partial charge on any atom is -0.481 e. The molecule has 3 heteroatoms. The predicted octanol–water partition coefficient (Wildman–Crippen LogP) is 3.15. The highest BCUT2D eigenvalue weighted by Gasteiger charge is 2.43. The first-order valence-corrected chi connectivity index (χ1v) is 7.06. The number of hydrogen-bond donors (Lipinski definition) is 2. The number of benzene rings is 1. The third kappa shape index (κ3) is 3.16. The number of aliphatic carboxylic acids is 1. The van der Waals surface area contributed by atoms with Crippen LogP contribution in [0.25, 0.3) is 0 Å². The molecule has 0 bridgehead atoms. The number of rotatable bonds is 6. The van der Waals surface area contributed by atoms with Gasteiger partial charge in [-0.3, -0.25) is 4.79 Å². The molecule has 0 spiro atoms. The molecular weight excluding hydrogens is 238 g/mol. The van der Waals surface area contributed by atoms with Gasteiger partial charge in [-0.15, -0.1) is 0 Å². The predicted molar refractivity (Wildman–Crippen MR) is 76.2 cm³/mol. The van der Waals surface area contributed by atoms with E-state index >= 15 is 0 Å². The van der Waals surface area contributed by atoms with Gasteiger partial charge < -0.3 is 10.4 Å². The molecular formula is C16H23NO2. The van der Waals surface area contributed by atoms with Gasteiger partial charge in [-0.05, 0) is 29.9 Å². The van der Waals surface area contributed by atoms with E-state index in [-0.39, 0.29) is 0 Å². The van der Waals surface area contributed by atoms with Gasteiger partial charge >= 0.3 is 5.97 Å². The van der Waals surface area contributed by atoms with Crippen LogP contribution in [0.2, 0.25) is 0 Å². The lowest BCUT2D eigenvalue weighted by molar-refractivity contribution is -0.154. The van der Waals surface area contributed by atoms with Crippen molar-refractivity contribution in [1.82, 2.24) is 5.32 Å².